The van der Waals surface area contributed by atoms with Crippen LogP contribution in [0.25, 0.3) is 0 Å². The lowest BCUT2D eigenvalue weighted by atomic mass is 9.97. The van der Waals surface area contributed by atoms with Gasteiger partial charge in [0.2, 0.25) is 0 Å². The van der Waals surface area contributed by atoms with Crippen molar-refractivity contribution in [1.29, 1.82) is 0 Å². The fourth-order valence-corrected chi connectivity index (χ4v) is 3.68. The van der Waals surface area contributed by atoms with E-state index >= 15 is 0 Å². The summed E-state index contributed by atoms with van der Waals surface area (Å²) in [6.45, 7) is 2.17. The maximum Gasteiger partial charge on any atom is 0.0317 e. The summed E-state index contributed by atoms with van der Waals surface area (Å²) in [6.07, 6.45) is 1.08. The first-order valence-electron chi connectivity index (χ1n) is 4.81. The maximum absolute atomic E-state index is 6.17. The molecule has 0 aliphatic carbocycles. The predicted molar refractivity (Wildman–Crippen MR) is 66.6 cm³/mol. The van der Waals surface area contributed by atoms with Crippen molar-refractivity contribution in [1.82, 2.24) is 0 Å². The molecule has 0 saturated heterocycles. The summed E-state index contributed by atoms with van der Waals surface area (Å²) < 4.78 is 1.17. The lowest BCUT2D eigenvalue weighted by Gasteiger charge is -2.16. The van der Waals surface area contributed by atoms with Crippen molar-refractivity contribution in [3.8, 4) is 0 Å². The Balaban J connectivity index is 2.57. The second-order valence-electron chi connectivity index (χ2n) is 3.70. The van der Waals surface area contributed by atoms with Crippen molar-refractivity contribution >= 4 is 27.7 Å². The molecule has 1 aliphatic heterocycles. The quantitative estimate of drug-likeness (QED) is 0.783. The average Bonchev–Trinajstić information content (AvgIpc) is 2.35. The van der Waals surface area contributed by atoms with E-state index in [1.165, 1.54) is 26.9 Å². The molecule has 3 heteroatoms. The predicted octanol–water partition coefficient (Wildman–Crippen LogP) is 3.39. The number of hydrogen-bond donors (Lipinski definition) is 1. The van der Waals surface area contributed by atoms with Crippen LogP contribution in [-0.2, 0) is 5.75 Å². The van der Waals surface area contributed by atoms with Crippen LogP contribution in [0.4, 0.5) is 0 Å². The molecule has 2 N–H and O–H groups in total. The summed E-state index contributed by atoms with van der Waals surface area (Å²) in [4.78, 5) is 0. The van der Waals surface area contributed by atoms with Crippen LogP contribution in [0.5, 0.6) is 0 Å². The summed E-state index contributed by atoms with van der Waals surface area (Å²) in [7, 11) is 0. The second-order valence-corrected chi connectivity index (χ2v) is 5.66. The molecular formula is C11H14BrNS. The SMILES string of the molecule is Cc1ccc(Br)c2c1CSCC[C@H]2N. The third-order valence-corrected chi connectivity index (χ3v) is 4.44. The van der Waals surface area contributed by atoms with Gasteiger partial charge in [-0.15, -0.1) is 0 Å². The molecule has 1 nitrogen and oxygen atoms in total. The largest absolute Gasteiger partial charge is 0.324 e. The molecule has 0 radical (unpaired) electrons. The van der Waals surface area contributed by atoms with Crippen molar-refractivity contribution in [2.75, 3.05) is 5.75 Å². The molecule has 1 heterocycles. The van der Waals surface area contributed by atoms with Crippen LogP contribution in [0.15, 0.2) is 16.6 Å². The van der Waals surface area contributed by atoms with Crippen molar-refractivity contribution in [2.45, 2.75) is 25.1 Å². The van der Waals surface area contributed by atoms with Crippen molar-refractivity contribution in [3.63, 3.8) is 0 Å². The number of hydrogen-bond acceptors (Lipinski definition) is 2. The molecule has 1 atom stereocenters. The molecule has 76 valence electrons. The monoisotopic (exact) mass is 271 g/mol. The number of thioether (sulfide) groups is 1. The summed E-state index contributed by atoms with van der Waals surface area (Å²) in [5, 5.41) is 0. The van der Waals surface area contributed by atoms with E-state index in [9.17, 15) is 0 Å². The van der Waals surface area contributed by atoms with E-state index in [-0.39, 0.29) is 6.04 Å². The van der Waals surface area contributed by atoms with Gasteiger partial charge in [-0.05, 0) is 41.9 Å². The Kier molecular flexibility index (Phi) is 3.20. The molecule has 0 saturated carbocycles. The van der Waals surface area contributed by atoms with E-state index in [1.54, 1.807) is 0 Å². The van der Waals surface area contributed by atoms with E-state index in [1.807, 2.05) is 11.8 Å². The minimum atomic E-state index is 0.203. The van der Waals surface area contributed by atoms with E-state index in [0.717, 1.165) is 12.2 Å². The van der Waals surface area contributed by atoms with Gasteiger partial charge in [0, 0.05) is 16.3 Å². The average molecular weight is 272 g/mol. The van der Waals surface area contributed by atoms with Crippen molar-refractivity contribution in [3.05, 3.63) is 33.3 Å². The van der Waals surface area contributed by atoms with Crippen LogP contribution in [0.1, 0.15) is 29.2 Å². The van der Waals surface area contributed by atoms with Crippen LogP contribution in [0, 0.1) is 6.92 Å². The maximum atomic E-state index is 6.17. The molecule has 0 amide bonds. The molecule has 2 rings (SSSR count). The first-order valence-corrected chi connectivity index (χ1v) is 6.76. The normalized spacial score (nSPS) is 21.5. The fourth-order valence-electron chi connectivity index (χ4n) is 1.87. The summed E-state index contributed by atoms with van der Waals surface area (Å²) >= 11 is 5.59. The molecule has 0 unspecified atom stereocenters. The topological polar surface area (TPSA) is 26.0 Å². The molecule has 0 fully saturated rings. The molecule has 1 aromatic carbocycles. The van der Waals surface area contributed by atoms with Crippen molar-refractivity contribution < 1.29 is 0 Å². The van der Waals surface area contributed by atoms with E-state index in [2.05, 4.69) is 35.0 Å². The summed E-state index contributed by atoms with van der Waals surface area (Å²) in [5.74, 6) is 2.27. The van der Waals surface area contributed by atoms with Crippen LogP contribution < -0.4 is 5.73 Å². The van der Waals surface area contributed by atoms with Gasteiger partial charge in [-0.2, -0.15) is 11.8 Å². The molecular weight excluding hydrogens is 258 g/mol. The number of rotatable bonds is 0. The highest BCUT2D eigenvalue weighted by molar-refractivity contribution is 9.10. The lowest BCUT2D eigenvalue weighted by Crippen LogP contribution is -2.12. The molecule has 14 heavy (non-hydrogen) atoms. The first kappa shape index (κ1) is 10.5. The van der Waals surface area contributed by atoms with Gasteiger partial charge in [-0.3, -0.25) is 0 Å². The van der Waals surface area contributed by atoms with Crippen LogP contribution in [-0.4, -0.2) is 5.75 Å². The Morgan fingerprint density at radius 3 is 3.07 bits per heavy atom. The van der Waals surface area contributed by atoms with E-state index in [4.69, 9.17) is 5.73 Å². The van der Waals surface area contributed by atoms with Crippen LogP contribution in [0.2, 0.25) is 0 Å². The number of fused-ring (bicyclic) bond motifs is 1. The van der Waals surface area contributed by atoms with Gasteiger partial charge in [0.05, 0.1) is 0 Å². The van der Waals surface area contributed by atoms with Gasteiger partial charge < -0.3 is 5.73 Å². The molecule has 0 bridgehead atoms. The van der Waals surface area contributed by atoms with E-state index in [0.29, 0.717) is 0 Å². The third kappa shape index (κ3) is 1.86. The number of halogens is 1. The highest BCUT2D eigenvalue weighted by atomic mass is 79.9. The standard InChI is InChI=1S/C11H14BrNS/c1-7-2-3-9(12)11-8(7)6-14-5-4-10(11)13/h2-3,10H,4-6,13H2,1H3/t10-/m1/s1. The van der Waals surface area contributed by atoms with E-state index < -0.39 is 0 Å². The number of aryl methyl sites for hydroxylation is 1. The van der Waals surface area contributed by atoms with Gasteiger partial charge in [0.25, 0.3) is 0 Å². The lowest BCUT2D eigenvalue weighted by molar-refractivity contribution is 0.701. The van der Waals surface area contributed by atoms with Gasteiger partial charge >= 0.3 is 0 Å². The zero-order valence-corrected chi connectivity index (χ0v) is 10.6. The second kappa shape index (κ2) is 4.25. The highest BCUT2D eigenvalue weighted by Crippen LogP contribution is 2.35. The Hall–Kier alpha value is 0.01000. The van der Waals surface area contributed by atoms with Crippen molar-refractivity contribution in [2.24, 2.45) is 5.73 Å². The van der Waals surface area contributed by atoms with Crippen LogP contribution in [0.3, 0.4) is 0 Å². The minimum absolute atomic E-state index is 0.203. The summed E-state index contributed by atoms with van der Waals surface area (Å²) in [6, 6.07) is 4.49. The number of nitrogens with two attached hydrogens (primary N) is 1. The molecule has 1 aromatic rings. The molecule has 1 aliphatic rings. The van der Waals surface area contributed by atoms with Crippen LogP contribution >= 0.6 is 27.7 Å². The van der Waals surface area contributed by atoms with Gasteiger partial charge in [-0.25, -0.2) is 0 Å². The Bertz CT molecular complexity index is 351. The van der Waals surface area contributed by atoms with Gasteiger partial charge in [0.1, 0.15) is 0 Å². The zero-order valence-electron chi connectivity index (χ0n) is 8.22. The number of benzene rings is 1. The summed E-state index contributed by atoms with van der Waals surface area (Å²) in [5.41, 5.74) is 10.3. The Morgan fingerprint density at radius 2 is 2.29 bits per heavy atom. The molecule has 0 spiro atoms. The van der Waals surface area contributed by atoms with Gasteiger partial charge in [0.15, 0.2) is 0 Å². The zero-order chi connectivity index (χ0) is 10.1. The minimum Gasteiger partial charge on any atom is -0.324 e. The van der Waals surface area contributed by atoms with Gasteiger partial charge in [-0.1, -0.05) is 22.0 Å². The first-order chi connectivity index (χ1) is 6.70. The smallest absolute Gasteiger partial charge is 0.0317 e. The third-order valence-electron chi connectivity index (χ3n) is 2.73. The fraction of sp³-hybridized carbons (Fsp3) is 0.455. The Morgan fingerprint density at radius 1 is 1.50 bits per heavy atom. The Labute approximate surface area is 97.6 Å². The highest BCUT2D eigenvalue weighted by Gasteiger charge is 2.19. The molecule has 0 aromatic heterocycles.